The van der Waals surface area contributed by atoms with Crippen molar-refractivity contribution in [2.24, 2.45) is 5.92 Å². The van der Waals surface area contributed by atoms with E-state index in [1.54, 1.807) is 44.2 Å². The molecule has 1 aromatic carbocycles. The summed E-state index contributed by atoms with van der Waals surface area (Å²) in [7, 11) is 0. The van der Waals surface area contributed by atoms with E-state index >= 15 is 0 Å². The number of ether oxygens (including phenoxy) is 1. The fourth-order valence-electron chi connectivity index (χ4n) is 2.36. The minimum Gasteiger partial charge on any atom is -0.493 e. The van der Waals surface area contributed by atoms with Gasteiger partial charge in [-0.2, -0.15) is 0 Å². The number of benzene rings is 1. The first kappa shape index (κ1) is 20.0. The Bertz CT molecular complexity index is 786. The number of amides is 3. The van der Waals surface area contributed by atoms with Crippen LogP contribution < -0.4 is 20.9 Å². The van der Waals surface area contributed by atoms with Gasteiger partial charge in [-0.1, -0.05) is 26.0 Å². The van der Waals surface area contributed by atoms with Crippen LogP contribution in [0.4, 0.5) is 0 Å². The van der Waals surface area contributed by atoms with Gasteiger partial charge < -0.3 is 14.5 Å². The third-order valence-corrected chi connectivity index (χ3v) is 3.71. The fraction of sp³-hybridized carbons (Fsp3) is 0.316. The summed E-state index contributed by atoms with van der Waals surface area (Å²) in [5.74, 6) is -1.30. The normalized spacial score (nSPS) is 11.6. The summed E-state index contributed by atoms with van der Waals surface area (Å²) in [4.78, 5) is 36.9. The lowest BCUT2D eigenvalue weighted by Crippen LogP contribution is -2.54. The zero-order valence-corrected chi connectivity index (χ0v) is 15.4. The van der Waals surface area contributed by atoms with E-state index in [1.807, 2.05) is 6.92 Å². The maximum absolute atomic E-state index is 12.6. The predicted molar refractivity (Wildman–Crippen MR) is 98.0 cm³/mol. The second kappa shape index (κ2) is 9.42. The van der Waals surface area contributed by atoms with Crippen LogP contribution in [0.2, 0.25) is 0 Å². The lowest BCUT2D eigenvalue weighted by molar-refractivity contribution is -0.124. The van der Waals surface area contributed by atoms with E-state index in [2.05, 4.69) is 16.2 Å². The quantitative estimate of drug-likeness (QED) is 0.642. The number of hydrogen-bond donors (Lipinski definition) is 3. The minimum atomic E-state index is -0.857. The predicted octanol–water partition coefficient (Wildman–Crippen LogP) is 1.89. The Morgan fingerprint density at radius 3 is 2.41 bits per heavy atom. The number of nitrogens with one attached hydrogen (secondary N) is 3. The van der Waals surface area contributed by atoms with Gasteiger partial charge in [-0.3, -0.25) is 25.2 Å². The van der Waals surface area contributed by atoms with Crippen molar-refractivity contribution in [3.63, 3.8) is 0 Å². The second-order valence-electron chi connectivity index (χ2n) is 6.04. The molecule has 1 atom stereocenters. The largest absolute Gasteiger partial charge is 0.493 e. The highest BCUT2D eigenvalue weighted by molar-refractivity contribution is 6.00. The molecule has 2 rings (SSSR count). The average Bonchev–Trinajstić information content (AvgIpc) is 3.19. The van der Waals surface area contributed by atoms with Gasteiger partial charge in [0.25, 0.3) is 11.8 Å². The van der Waals surface area contributed by atoms with E-state index < -0.39 is 23.8 Å². The number of furan rings is 1. The van der Waals surface area contributed by atoms with Crippen LogP contribution in [-0.4, -0.2) is 30.4 Å². The molecular weight excluding hydrogens is 350 g/mol. The van der Waals surface area contributed by atoms with Crippen LogP contribution in [0, 0.1) is 5.92 Å². The Hall–Kier alpha value is -3.29. The van der Waals surface area contributed by atoms with Crippen LogP contribution in [0.1, 0.15) is 41.7 Å². The van der Waals surface area contributed by atoms with Gasteiger partial charge in [0.05, 0.1) is 18.4 Å². The topological polar surface area (TPSA) is 110 Å². The number of carbonyl (C=O) groups is 3. The van der Waals surface area contributed by atoms with Crippen molar-refractivity contribution in [3.05, 3.63) is 54.0 Å². The Morgan fingerprint density at radius 2 is 1.78 bits per heavy atom. The summed E-state index contributed by atoms with van der Waals surface area (Å²) in [6.07, 6.45) is 1.35. The highest BCUT2D eigenvalue weighted by Crippen LogP contribution is 2.18. The van der Waals surface area contributed by atoms with Crippen LogP contribution in [0.3, 0.4) is 0 Å². The van der Waals surface area contributed by atoms with E-state index in [1.165, 1.54) is 12.3 Å². The molecule has 1 heterocycles. The van der Waals surface area contributed by atoms with Crippen molar-refractivity contribution >= 4 is 17.7 Å². The molecule has 0 aliphatic rings. The summed E-state index contributed by atoms with van der Waals surface area (Å²) < 4.78 is 10.4. The first-order valence-electron chi connectivity index (χ1n) is 8.60. The maximum atomic E-state index is 12.6. The maximum Gasteiger partial charge on any atom is 0.305 e. The molecule has 0 unspecified atom stereocenters. The highest BCUT2D eigenvalue weighted by atomic mass is 16.5. The zero-order valence-electron chi connectivity index (χ0n) is 15.4. The fourth-order valence-corrected chi connectivity index (χ4v) is 2.36. The minimum absolute atomic E-state index is 0.0612. The van der Waals surface area contributed by atoms with Gasteiger partial charge in [-0.25, -0.2) is 0 Å². The van der Waals surface area contributed by atoms with Crippen LogP contribution >= 0.6 is 0 Å². The van der Waals surface area contributed by atoms with Crippen molar-refractivity contribution in [1.29, 1.82) is 0 Å². The molecular formula is C19H23N3O5. The van der Waals surface area contributed by atoms with Crippen molar-refractivity contribution in [2.75, 3.05) is 6.61 Å². The second-order valence-corrected chi connectivity index (χ2v) is 6.04. The van der Waals surface area contributed by atoms with Crippen molar-refractivity contribution in [3.8, 4) is 5.75 Å². The summed E-state index contributed by atoms with van der Waals surface area (Å²) in [5.41, 5.74) is 4.89. The average molecular weight is 373 g/mol. The number of rotatable bonds is 7. The molecule has 0 fully saturated rings. The van der Waals surface area contributed by atoms with Gasteiger partial charge in [0.2, 0.25) is 0 Å². The van der Waals surface area contributed by atoms with Crippen molar-refractivity contribution in [2.45, 2.75) is 26.8 Å². The molecule has 3 amide bonds. The molecule has 0 aliphatic heterocycles. The van der Waals surface area contributed by atoms with Gasteiger partial charge in [0, 0.05) is 0 Å². The zero-order chi connectivity index (χ0) is 19.8. The number of hydrogen-bond acceptors (Lipinski definition) is 5. The first-order chi connectivity index (χ1) is 12.9. The van der Waals surface area contributed by atoms with Crippen LogP contribution in [0.15, 0.2) is 47.1 Å². The molecule has 0 radical (unpaired) electrons. The Kier molecular flexibility index (Phi) is 6.99. The van der Waals surface area contributed by atoms with Gasteiger partial charge in [0.15, 0.2) is 5.76 Å². The van der Waals surface area contributed by atoms with Gasteiger partial charge in [-0.05, 0) is 37.1 Å². The summed E-state index contributed by atoms with van der Waals surface area (Å²) in [5, 5.41) is 2.68. The van der Waals surface area contributed by atoms with Crippen LogP contribution in [-0.2, 0) is 4.79 Å². The lowest BCUT2D eigenvalue weighted by Gasteiger charge is -2.22. The molecule has 1 aromatic heterocycles. The molecule has 0 saturated carbocycles. The van der Waals surface area contributed by atoms with Crippen molar-refractivity contribution in [1.82, 2.24) is 16.2 Å². The summed E-state index contributed by atoms with van der Waals surface area (Å²) in [6.45, 7) is 5.80. The Balaban J connectivity index is 2.03. The molecule has 0 spiro atoms. The molecule has 8 nitrogen and oxygen atoms in total. The van der Waals surface area contributed by atoms with Crippen LogP contribution in [0.25, 0.3) is 0 Å². The van der Waals surface area contributed by atoms with Gasteiger partial charge >= 0.3 is 5.91 Å². The SMILES string of the molecule is CCOc1ccccc1C(=O)N[C@H](C(=O)NNC(=O)c1ccco1)C(C)C. The standard InChI is InChI=1S/C19H23N3O5/c1-4-26-14-9-6-5-8-13(14)17(23)20-16(12(2)3)19(25)22-21-18(24)15-10-7-11-27-15/h5-12,16H,4H2,1-3H3,(H,20,23)(H,21,24)(H,22,25)/t16-/m0/s1. The molecule has 0 bridgehead atoms. The lowest BCUT2D eigenvalue weighted by atomic mass is 10.0. The smallest absolute Gasteiger partial charge is 0.305 e. The number of para-hydroxylation sites is 1. The third kappa shape index (κ3) is 5.34. The van der Waals surface area contributed by atoms with Gasteiger partial charge in [-0.15, -0.1) is 0 Å². The Morgan fingerprint density at radius 1 is 1.04 bits per heavy atom. The van der Waals surface area contributed by atoms with Gasteiger partial charge in [0.1, 0.15) is 11.8 Å². The van der Waals surface area contributed by atoms with Crippen molar-refractivity contribution < 1.29 is 23.5 Å². The summed E-state index contributed by atoms with van der Waals surface area (Å²) in [6, 6.07) is 8.95. The molecule has 144 valence electrons. The number of carbonyl (C=O) groups excluding carboxylic acids is 3. The summed E-state index contributed by atoms with van der Waals surface area (Å²) >= 11 is 0. The van der Waals surface area contributed by atoms with E-state index in [-0.39, 0.29) is 11.7 Å². The molecule has 8 heteroatoms. The Labute approximate surface area is 157 Å². The molecule has 3 N–H and O–H groups in total. The molecule has 2 aromatic rings. The molecule has 0 aliphatic carbocycles. The van der Waals surface area contributed by atoms with E-state index in [0.717, 1.165) is 0 Å². The van der Waals surface area contributed by atoms with E-state index in [0.29, 0.717) is 17.9 Å². The van der Waals surface area contributed by atoms with E-state index in [9.17, 15) is 14.4 Å². The first-order valence-corrected chi connectivity index (χ1v) is 8.60. The number of hydrazine groups is 1. The van der Waals surface area contributed by atoms with E-state index in [4.69, 9.17) is 9.15 Å². The monoisotopic (exact) mass is 373 g/mol. The van der Waals surface area contributed by atoms with Crippen LogP contribution in [0.5, 0.6) is 5.75 Å². The molecule has 27 heavy (non-hydrogen) atoms. The molecule has 0 saturated heterocycles. The highest BCUT2D eigenvalue weighted by Gasteiger charge is 2.26. The third-order valence-electron chi connectivity index (χ3n) is 3.71.